The third kappa shape index (κ3) is 7.87. The van der Waals surface area contributed by atoms with Gasteiger partial charge >= 0.3 is 18.3 Å². The minimum Gasteiger partial charge on any atom is -0.476 e. The van der Waals surface area contributed by atoms with Crippen LogP contribution in [0.4, 0.5) is 30.7 Å². The van der Waals surface area contributed by atoms with E-state index < -0.39 is 48.0 Å². The van der Waals surface area contributed by atoms with Gasteiger partial charge < -0.3 is 9.84 Å². The van der Waals surface area contributed by atoms with Crippen molar-refractivity contribution in [3.8, 4) is 0 Å². The first-order valence-corrected chi connectivity index (χ1v) is 8.38. The summed E-state index contributed by atoms with van der Waals surface area (Å²) in [4.78, 5) is 10.2. The Morgan fingerprint density at radius 1 is 1.04 bits per heavy atom. The second-order valence-electron chi connectivity index (χ2n) is 5.94. The summed E-state index contributed by atoms with van der Waals surface area (Å²) < 4.78 is 96.0. The number of allylic oxidation sites excluding steroid dienone is 1. The van der Waals surface area contributed by atoms with Crippen molar-refractivity contribution in [2.75, 3.05) is 6.61 Å². The average Bonchev–Trinajstić information content (AvgIpc) is 2.58. The zero-order valence-corrected chi connectivity index (χ0v) is 14.6. The van der Waals surface area contributed by atoms with Gasteiger partial charge in [0, 0.05) is 12.2 Å². The number of hydrogen-bond donors (Lipinski definition) is 1. The second kappa shape index (κ2) is 10.4. The van der Waals surface area contributed by atoms with Crippen LogP contribution in [0.3, 0.4) is 0 Å². The molecule has 0 aliphatic heterocycles. The van der Waals surface area contributed by atoms with Gasteiger partial charge in [0.1, 0.15) is 0 Å². The number of carbonyl (C=O) groups is 1. The molecule has 1 aromatic carbocycles. The van der Waals surface area contributed by atoms with Crippen LogP contribution in [0.25, 0.3) is 0 Å². The molecule has 3 nitrogen and oxygen atoms in total. The van der Waals surface area contributed by atoms with Crippen LogP contribution in [0.5, 0.6) is 0 Å². The Balaban J connectivity index is 2.58. The lowest BCUT2D eigenvalue weighted by molar-refractivity contribution is -0.226. The van der Waals surface area contributed by atoms with Gasteiger partial charge in [-0.05, 0) is 31.4 Å². The lowest BCUT2D eigenvalue weighted by Crippen LogP contribution is -2.26. The fraction of sp³-hybridized carbons (Fsp3) is 0.500. The molecule has 1 atom stereocenters. The summed E-state index contributed by atoms with van der Waals surface area (Å²) in [5.41, 5.74) is -2.39. The van der Waals surface area contributed by atoms with E-state index in [1.807, 2.05) is 0 Å². The zero-order valence-electron chi connectivity index (χ0n) is 14.6. The highest BCUT2D eigenvalue weighted by Gasteiger charge is 2.46. The standard InChI is InChI=1S/C18H19F7O3/c19-14(16(26)27)10-4-2-1-3-7-11-28-15(18(23,24)25)12-8-5-6-9-13(12)17(20,21)22/h5-6,8-10,15H,1-4,7,11H2,(H,26,27). The van der Waals surface area contributed by atoms with Gasteiger partial charge in [-0.2, -0.15) is 30.7 Å². The normalized spacial score (nSPS) is 14.2. The van der Waals surface area contributed by atoms with Crippen molar-refractivity contribution < 1.29 is 45.4 Å². The first-order chi connectivity index (χ1) is 12.9. The molecule has 158 valence electrons. The summed E-state index contributed by atoms with van der Waals surface area (Å²) >= 11 is 0. The molecule has 10 heteroatoms. The van der Waals surface area contributed by atoms with Gasteiger partial charge in [0.25, 0.3) is 0 Å². The van der Waals surface area contributed by atoms with Crippen LogP contribution in [0.1, 0.15) is 49.3 Å². The topological polar surface area (TPSA) is 46.5 Å². The molecule has 0 spiro atoms. The molecule has 1 rings (SSSR count). The number of halogens is 7. The van der Waals surface area contributed by atoms with E-state index in [0.717, 1.165) is 24.3 Å². The molecule has 0 aromatic heterocycles. The van der Waals surface area contributed by atoms with Crippen molar-refractivity contribution in [1.82, 2.24) is 0 Å². The lowest BCUT2D eigenvalue weighted by Gasteiger charge is -2.24. The van der Waals surface area contributed by atoms with E-state index in [-0.39, 0.29) is 12.8 Å². The Morgan fingerprint density at radius 3 is 2.21 bits per heavy atom. The highest BCUT2D eigenvalue weighted by atomic mass is 19.4. The zero-order chi connectivity index (χ0) is 21.4. The average molecular weight is 416 g/mol. The van der Waals surface area contributed by atoms with Crippen molar-refractivity contribution in [2.24, 2.45) is 0 Å². The largest absolute Gasteiger partial charge is 0.476 e. The smallest absolute Gasteiger partial charge is 0.418 e. The number of alkyl halides is 6. The summed E-state index contributed by atoms with van der Waals surface area (Å²) in [7, 11) is 0. The van der Waals surface area contributed by atoms with Gasteiger partial charge in [-0.25, -0.2) is 4.79 Å². The van der Waals surface area contributed by atoms with Crippen LogP contribution in [0.15, 0.2) is 36.2 Å². The third-order valence-corrected chi connectivity index (χ3v) is 3.76. The predicted octanol–water partition coefficient (Wildman–Crippen LogP) is 6.21. The summed E-state index contributed by atoms with van der Waals surface area (Å²) in [6.07, 6.45) is -10.2. The maximum absolute atomic E-state index is 13.2. The Bertz CT molecular complexity index is 666. The van der Waals surface area contributed by atoms with Crippen molar-refractivity contribution in [3.63, 3.8) is 0 Å². The molecule has 0 saturated carbocycles. The molecular weight excluding hydrogens is 397 g/mol. The molecule has 0 saturated heterocycles. The van der Waals surface area contributed by atoms with E-state index in [4.69, 9.17) is 9.84 Å². The van der Waals surface area contributed by atoms with Gasteiger partial charge in [-0.3, -0.25) is 0 Å². The molecule has 0 aliphatic rings. The summed E-state index contributed by atoms with van der Waals surface area (Å²) in [5, 5.41) is 8.31. The van der Waals surface area contributed by atoms with Crippen LogP contribution in [-0.4, -0.2) is 23.9 Å². The summed E-state index contributed by atoms with van der Waals surface area (Å²) in [6.45, 7) is -0.407. The molecule has 1 aromatic rings. The van der Waals surface area contributed by atoms with Crippen LogP contribution >= 0.6 is 0 Å². The van der Waals surface area contributed by atoms with Crippen molar-refractivity contribution >= 4 is 5.97 Å². The molecule has 0 amide bonds. The minimum absolute atomic E-state index is 0.156. The monoisotopic (exact) mass is 416 g/mol. The maximum atomic E-state index is 13.2. The first kappa shape index (κ1) is 23.9. The molecular formula is C18H19F7O3. The quantitative estimate of drug-likeness (QED) is 0.280. The molecule has 1 N–H and O–H groups in total. The van der Waals surface area contributed by atoms with E-state index in [1.54, 1.807) is 0 Å². The van der Waals surface area contributed by atoms with Gasteiger partial charge in [0.05, 0.1) is 5.56 Å². The fourth-order valence-electron chi connectivity index (χ4n) is 2.46. The van der Waals surface area contributed by atoms with Crippen LogP contribution in [0.2, 0.25) is 0 Å². The van der Waals surface area contributed by atoms with Crippen molar-refractivity contribution in [2.45, 2.75) is 50.6 Å². The first-order valence-electron chi connectivity index (χ1n) is 8.38. The molecule has 0 aliphatic carbocycles. The van der Waals surface area contributed by atoms with E-state index >= 15 is 0 Å². The number of benzene rings is 1. The molecule has 1 unspecified atom stereocenters. The van der Waals surface area contributed by atoms with E-state index in [1.165, 1.54) is 0 Å². The van der Waals surface area contributed by atoms with Crippen LogP contribution in [0, 0.1) is 0 Å². The third-order valence-electron chi connectivity index (χ3n) is 3.76. The number of unbranched alkanes of at least 4 members (excludes halogenated alkanes) is 4. The van der Waals surface area contributed by atoms with Crippen LogP contribution in [-0.2, 0) is 15.7 Å². The van der Waals surface area contributed by atoms with Crippen molar-refractivity contribution in [1.29, 1.82) is 0 Å². The van der Waals surface area contributed by atoms with E-state index in [9.17, 15) is 35.5 Å². The van der Waals surface area contributed by atoms with Gasteiger partial charge in [-0.15, -0.1) is 0 Å². The Morgan fingerprint density at radius 2 is 1.64 bits per heavy atom. The van der Waals surface area contributed by atoms with Crippen molar-refractivity contribution in [3.05, 3.63) is 47.3 Å². The fourth-order valence-corrected chi connectivity index (χ4v) is 2.46. The van der Waals surface area contributed by atoms with Gasteiger partial charge in [0.15, 0.2) is 6.10 Å². The Hall–Kier alpha value is -2.10. The number of aliphatic carboxylic acids is 1. The van der Waals surface area contributed by atoms with E-state index in [2.05, 4.69) is 0 Å². The summed E-state index contributed by atoms with van der Waals surface area (Å²) in [6, 6.07) is 3.39. The van der Waals surface area contributed by atoms with E-state index in [0.29, 0.717) is 25.3 Å². The summed E-state index contributed by atoms with van der Waals surface area (Å²) in [5.74, 6) is -2.95. The van der Waals surface area contributed by atoms with Gasteiger partial charge in [-0.1, -0.05) is 31.0 Å². The van der Waals surface area contributed by atoms with Gasteiger partial charge in [0.2, 0.25) is 5.83 Å². The Labute approximate surface area is 156 Å². The molecule has 0 radical (unpaired) electrons. The molecule has 0 heterocycles. The molecule has 0 fully saturated rings. The number of carboxylic acids is 1. The highest BCUT2D eigenvalue weighted by molar-refractivity contribution is 5.83. The number of hydrogen-bond acceptors (Lipinski definition) is 2. The lowest BCUT2D eigenvalue weighted by atomic mass is 10.0. The SMILES string of the molecule is O=C(O)C(F)=CCCCCCCOC(c1ccccc1C(F)(F)F)C(F)(F)F. The minimum atomic E-state index is -5.01. The predicted molar refractivity (Wildman–Crippen MR) is 86.1 cm³/mol. The maximum Gasteiger partial charge on any atom is 0.418 e. The molecule has 0 bridgehead atoms. The highest BCUT2D eigenvalue weighted by Crippen LogP contribution is 2.42. The second-order valence-corrected chi connectivity index (χ2v) is 5.94. The number of carboxylic acid groups (broad SMARTS) is 1. The molecule has 28 heavy (non-hydrogen) atoms. The van der Waals surface area contributed by atoms with Crippen LogP contribution < -0.4 is 0 Å². The number of ether oxygens (including phenoxy) is 1. The number of rotatable bonds is 10. The Kier molecular flexibility index (Phi) is 8.93.